The van der Waals surface area contributed by atoms with Gasteiger partial charge in [0.05, 0.1) is 38.1 Å². The SMILES string of the molecule is CCCCCCCC(=O)Oc1ccc(C[N+]2(CC(=O)C[C@@H](CCc3ccccc3)C(=O)N[C@@H](CC(C)C)C(=O)C[C@@H](Cc3ccccc3)C(=O)N[C@@H](CC(C)C)C(=O)[C@@]3(C)CO3)CCOCC2)cc1OCc1cn(C)nn1. The third-order valence-corrected chi connectivity index (χ3v) is 14.7. The van der Waals surface area contributed by atoms with Crippen molar-refractivity contribution in [2.45, 2.75) is 156 Å². The Morgan fingerprint density at radius 3 is 2.04 bits per heavy atom. The molecule has 3 heterocycles. The highest BCUT2D eigenvalue weighted by atomic mass is 16.6. The summed E-state index contributed by atoms with van der Waals surface area (Å²) in [5.74, 6) is -2.48. The highest BCUT2D eigenvalue weighted by molar-refractivity contribution is 5.98. The molecule has 0 radical (unpaired) electrons. The number of hydrogen-bond donors (Lipinski definition) is 2. The molecule has 0 unspecified atom stereocenters. The number of carbonyl (C=O) groups excluding carboxylic acids is 6. The number of Topliss-reactive ketones (excluding diaryl/α,β-unsaturated/α-hetero) is 3. The molecule has 77 heavy (non-hydrogen) atoms. The lowest BCUT2D eigenvalue weighted by molar-refractivity contribution is -0.940. The monoisotopic (exact) mass is 1060 g/mol. The second-order valence-corrected chi connectivity index (χ2v) is 22.6. The van der Waals surface area contributed by atoms with Crippen molar-refractivity contribution in [3.63, 3.8) is 0 Å². The number of esters is 1. The van der Waals surface area contributed by atoms with E-state index < -0.39 is 35.4 Å². The quantitative estimate of drug-likeness (QED) is 0.0149. The van der Waals surface area contributed by atoms with Crippen LogP contribution < -0.4 is 20.1 Å². The van der Waals surface area contributed by atoms with Gasteiger partial charge < -0.3 is 34.1 Å². The average Bonchev–Trinajstić information content (AvgIpc) is 4.03. The second-order valence-electron chi connectivity index (χ2n) is 22.6. The van der Waals surface area contributed by atoms with E-state index in [-0.39, 0.29) is 73.5 Å². The first-order valence-corrected chi connectivity index (χ1v) is 28.1. The van der Waals surface area contributed by atoms with Gasteiger partial charge in [0.2, 0.25) is 11.8 Å². The summed E-state index contributed by atoms with van der Waals surface area (Å²) in [6.07, 6.45) is 8.75. The van der Waals surface area contributed by atoms with E-state index in [2.05, 4.69) is 27.9 Å². The Morgan fingerprint density at radius 2 is 1.40 bits per heavy atom. The number of carbonyl (C=O) groups is 6. The number of hydrogen-bond acceptors (Lipinski definition) is 12. The van der Waals surface area contributed by atoms with Gasteiger partial charge in [-0.3, -0.25) is 33.4 Å². The molecule has 2 fully saturated rings. The number of epoxide rings is 1. The number of nitrogens with one attached hydrogen (secondary N) is 2. The number of ether oxygens (including phenoxy) is 4. The largest absolute Gasteiger partial charge is 0.483 e. The van der Waals surface area contributed by atoms with E-state index in [1.807, 2.05) is 100 Å². The molecule has 16 nitrogen and oxygen atoms in total. The molecule has 2 N–H and O–H groups in total. The van der Waals surface area contributed by atoms with Crippen molar-refractivity contribution in [1.82, 2.24) is 25.6 Å². The van der Waals surface area contributed by atoms with Crippen LogP contribution in [0.15, 0.2) is 85.1 Å². The number of nitrogens with zero attached hydrogens (tertiary/aromatic N) is 4. The molecular weight excluding hydrogens is 977 g/mol. The Kier molecular flexibility index (Phi) is 23.1. The predicted octanol–water partition coefficient (Wildman–Crippen LogP) is 8.45. The van der Waals surface area contributed by atoms with Gasteiger partial charge in [0, 0.05) is 43.7 Å². The molecule has 16 heteroatoms. The van der Waals surface area contributed by atoms with Crippen LogP contribution in [0.4, 0.5) is 0 Å². The molecule has 418 valence electrons. The second kappa shape index (κ2) is 29.6. The topological polar surface area (TPSA) is 197 Å². The van der Waals surface area contributed by atoms with Gasteiger partial charge in [-0.25, -0.2) is 0 Å². The highest BCUT2D eigenvalue weighted by Gasteiger charge is 2.50. The highest BCUT2D eigenvalue weighted by Crippen LogP contribution is 2.33. The molecule has 5 atom stereocenters. The summed E-state index contributed by atoms with van der Waals surface area (Å²) in [6, 6.07) is 23.1. The van der Waals surface area contributed by atoms with Crippen LogP contribution >= 0.6 is 0 Å². The van der Waals surface area contributed by atoms with Crippen LogP contribution in [0.25, 0.3) is 0 Å². The molecule has 2 saturated heterocycles. The van der Waals surface area contributed by atoms with Crippen LogP contribution in [0.1, 0.15) is 135 Å². The summed E-state index contributed by atoms with van der Waals surface area (Å²) >= 11 is 0. The normalized spacial score (nSPS) is 17.5. The van der Waals surface area contributed by atoms with E-state index in [1.165, 1.54) is 0 Å². The molecule has 1 aromatic heterocycles. The van der Waals surface area contributed by atoms with Crippen molar-refractivity contribution < 1.29 is 52.2 Å². The predicted molar refractivity (Wildman–Crippen MR) is 293 cm³/mol. The van der Waals surface area contributed by atoms with Gasteiger partial charge in [0.15, 0.2) is 28.8 Å². The fourth-order valence-electron chi connectivity index (χ4n) is 10.2. The van der Waals surface area contributed by atoms with Crippen molar-refractivity contribution in [2.24, 2.45) is 30.7 Å². The number of ketones is 3. The number of benzene rings is 3. The zero-order valence-electron chi connectivity index (χ0n) is 46.8. The van der Waals surface area contributed by atoms with Gasteiger partial charge in [0.25, 0.3) is 0 Å². The number of unbranched alkanes of at least 4 members (excludes halogenated alkanes) is 4. The van der Waals surface area contributed by atoms with Gasteiger partial charge >= 0.3 is 5.97 Å². The molecular formula is C61H85N6O10+. The third kappa shape index (κ3) is 19.7. The average molecular weight is 1060 g/mol. The maximum Gasteiger partial charge on any atom is 0.311 e. The van der Waals surface area contributed by atoms with Crippen molar-refractivity contribution >= 4 is 35.1 Å². The molecule has 2 aliphatic heterocycles. The lowest BCUT2D eigenvalue weighted by Gasteiger charge is -2.41. The van der Waals surface area contributed by atoms with Crippen molar-refractivity contribution in [1.29, 1.82) is 0 Å². The fourth-order valence-corrected chi connectivity index (χ4v) is 10.2. The van der Waals surface area contributed by atoms with E-state index in [1.54, 1.807) is 30.9 Å². The molecule has 2 amide bonds. The van der Waals surface area contributed by atoms with Crippen molar-refractivity contribution in [2.75, 3.05) is 39.5 Å². The summed E-state index contributed by atoms with van der Waals surface area (Å²) in [5, 5.41) is 14.3. The molecule has 0 saturated carbocycles. The van der Waals surface area contributed by atoms with Gasteiger partial charge in [-0.2, -0.15) is 0 Å². The number of aryl methyl sites for hydroxylation is 2. The Hall–Kier alpha value is -6.10. The summed E-state index contributed by atoms with van der Waals surface area (Å²) in [6.45, 7) is 14.8. The first-order valence-electron chi connectivity index (χ1n) is 28.1. The van der Waals surface area contributed by atoms with Gasteiger partial charge in [-0.15, -0.1) is 5.10 Å². The summed E-state index contributed by atoms with van der Waals surface area (Å²) < 4.78 is 25.5. The Labute approximate surface area is 456 Å². The Bertz CT molecular complexity index is 2540. The lowest BCUT2D eigenvalue weighted by Crippen LogP contribution is -2.57. The minimum Gasteiger partial charge on any atom is -0.483 e. The van der Waals surface area contributed by atoms with Crippen LogP contribution in [0, 0.1) is 23.7 Å². The first-order chi connectivity index (χ1) is 36.9. The van der Waals surface area contributed by atoms with E-state index in [4.69, 9.17) is 18.9 Å². The van der Waals surface area contributed by atoms with Crippen LogP contribution in [-0.4, -0.2) is 112 Å². The van der Waals surface area contributed by atoms with Gasteiger partial charge in [0.1, 0.15) is 44.1 Å². The summed E-state index contributed by atoms with van der Waals surface area (Å²) in [5.41, 5.74) is 2.42. The van der Waals surface area contributed by atoms with Crippen LogP contribution in [0.5, 0.6) is 11.5 Å². The van der Waals surface area contributed by atoms with Crippen LogP contribution in [-0.2, 0) is 71.3 Å². The maximum absolute atomic E-state index is 14.8. The number of morpholine rings is 1. The van der Waals surface area contributed by atoms with E-state index in [0.29, 0.717) is 93.2 Å². The number of rotatable bonds is 34. The zero-order chi connectivity index (χ0) is 55.4. The first kappa shape index (κ1) is 60.1. The smallest absolute Gasteiger partial charge is 0.311 e. The minimum absolute atomic E-state index is 0.00687. The number of amides is 2. The zero-order valence-corrected chi connectivity index (χ0v) is 46.8. The molecule has 0 bridgehead atoms. The Balaban J connectivity index is 1.20. The molecule has 4 aromatic rings. The standard InChI is InChI=1S/C61H84N6O10/c1-8-9-10-11-18-23-57(70)77-55-27-25-47(35-56(55)75-41-50-38-66(7)65-64-50)39-67(28-30-74-31-29-67)40-51(68)36-48(26-24-45-19-14-12-15-20-45)59(72)62-52(32-43(2)3)54(69)37-49(34-46-21-16-13-17-22-46)60(73)63-53(33-44(4)5)58(71)61(6)42-76-61/h12-17,19-22,25,27,35,38,43-44,48-49,52-53H,8-11,18,23-24,26,28-34,36-37,39-42H2,1-7H3,(H-,62,63,72,73)/p+1/t48-,49-,52+,53+,61-/m1/s1. The molecule has 2 aliphatic rings. The Morgan fingerprint density at radius 1 is 0.766 bits per heavy atom. The van der Waals surface area contributed by atoms with Crippen molar-refractivity contribution in [3.8, 4) is 11.5 Å². The van der Waals surface area contributed by atoms with Crippen LogP contribution in [0.2, 0.25) is 0 Å². The number of aromatic nitrogens is 3. The third-order valence-electron chi connectivity index (χ3n) is 14.7. The van der Waals surface area contributed by atoms with E-state index >= 15 is 0 Å². The molecule has 0 aliphatic carbocycles. The van der Waals surface area contributed by atoms with E-state index in [9.17, 15) is 28.8 Å². The fraction of sp³-hybridized carbons (Fsp3) is 0.574. The summed E-state index contributed by atoms with van der Waals surface area (Å²) in [7, 11) is 1.77. The number of quaternary nitrogens is 1. The van der Waals surface area contributed by atoms with E-state index in [0.717, 1.165) is 48.8 Å². The minimum atomic E-state index is -0.940. The molecule has 0 spiro atoms. The van der Waals surface area contributed by atoms with Crippen LogP contribution in [0.3, 0.4) is 0 Å². The van der Waals surface area contributed by atoms with Crippen molar-refractivity contribution in [3.05, 3.63) is 107 Å². The lowest BCUT2D eigenvalue weighted by atomic mass is 9.87. The molecule has 3 aromatic carbocycles. The van der Waals surface area contributed by atoms with Gasteiger partial charge in [-0.1, -0.05) is 126 Å². The summed E-state index contributed by atoms with van der Waals surface area (Å²) in [4.78, 5) is 85.1. The van der Waals surface area contributed by atoms with Gasteiger partial charge in [-0.05, 0) is 86.6 Å². The maximum atomic E-state index is 14.8. The molecule has 6 rings (SSSR count).